The largest absolute Gasteiger partial charge is 0.493 e. The van der Waals surface area contributed by atoms with Gasteiger partial charge in [0.1, 0.15) is 0 Å². The Kier molecular flexibility index (Phi) is 6.10. The van der Waals surface area contributed by atoms with Gasteiger partial charge in [-0.3, -0.25) is 4.79 Å². The Hall–Kier alpha value is -2.84. The predicted octanol–water partition coefficient (Wildman–Crippen LogP) is 3.12. The molecule has 27 heavy (non-hydrogen) atoms. The second kappa shape index (κ2) is 8.70. The van der Waals surface area contributed by atoms with E-state index in [0.717, 1.165) is 0 Å². The summed E-state index contributed by atoms with van der Waals surface area (Å²) in [6.07, 6.45) is 1.51. The number of rotatable bonds is 5. The van der Waals surface area contributed by atoms with E-state index in [2.05, 4.69) is 15.5 Å². The van der Waals surface area contributed by atoms with E-state index in [4.69, 9.17) is 21.1 Å². The van der Waals surface area contributed by atoms with Crippen molar-refractivity contribution in [2.75, 3.05) is 12.9 Å². The van der Waals surface area contributed by atoms with E-state index >= 15 is 0 Å². The summed E-state index contributed by atoms with van der Waals surface area (Å²) >= 11 is 7.10. The molecule has 1 amide bonds. The third kappa shape index (κ3) is 5.08. The van der Waals surface area contributed by atoms with Gasteiger partial charge < -0.3 is 14.8 Å². The Balaban J connectivity index is 1.71. The average Bonchev–Trinajstić information content (AvgIpc) is 3.08. The molecular formula is C18H14ClN3O4S. The van der Waals surface area contributed by atoms with E-state index in [-0.39, 0.29) is 11.7 Å². The van der Waals surface area contributed by atoms with Crippen LogP contribution in [0.15, 0.2) is 52.7 Å². The molecule has 1 aliphatic rings. The number of nitrogens with one attached hydrogen (secondary N) is 1. The van der Waals surface area contributed by atoms with Crippen LogP contribution in [0, 0.1) is 0 Å². The molecule has 1 fully saturated rings. The standard InChI is InChI=1S/C18H14ClN3O4S/c1-25-15-8-11(9-20-22-18-21-16(23)10-27-18)2-7-14(15)26-17(24)12-3-5-13(19)6-4-12/h2-9H,10H2,1H3,(H,21,22,23). The maximum Gasteiger partial charge on any atom is 0.343 e. The number of carbonyl (C=O) groups excluding carboxylic acids is 2. The van der Waals surface area contributed by atoms with Gasteiger partial charge in [0.05, 0.1) is 24.6 Å². The average molecular weight is 404 g/mol. The van der Waals surface area contributed by atoms with Gasteiger partial charge in [-0.05, 0) is 48.0 Å². The fourth-order valence-electron chi connectivity index (χ4n) is 2.12. The van der Waals surface area contributed by atoms with Gasteiger partial charge >= 0.3 is 5.97 Å². The summed E-state index contributed by atoms with van der Waals surface area (Å²) in [6.45, 7) is 0. The summed E-state index contributed by atoms with van der Waals surface area (Å²) in [4.78, 5) is 23.3. The van der Waals surface area contributed by atoms with E-state index < -0.39 is 5.97 Å². The molecule has 1 N–H and O–H groups in total. The molecule has 1 heterocycles. The second-order valence-electron chi connectivity index (χ2n) is 5.29. The van der Waals surface area contributed by atoms with Crippen molar-refractivity contribution in [3.8, 4) is 11.5 Å². The number of hydrogen-bond donors (Lipinski definition) is 1. The highest BCUT2D eigenvalue weighted by atomic mass is 35.5. The van der Waals surface area contributed by atoms with Crippen molar-refractivity contribution >= 4 is 46.6 Å². The smallest absolute Gasteiger partial charge is 0.343 e. The Morgan fingerprint density at radius 1 is 1.22 bits per heavy atom. The number of amidine groups is 1. The number of thioether (sulfide) groups is 1. The van der Waals surface area contributed by atoms with E-state index in [1.54, 1.807) is 42.5 Å². The lowest BCUT2D eigenvalue weighted by Crippen LogP contribution is -2.19. The number of ether oxygens (including phenoxy) is 2. The quantitative estimate of drug-likeness (QED) is 0.358. The minimum atomic E-state index is -0.521. The first-order valence-corrected chi connectivity index (χ1v) is 9.11. The van der Waals surface area contributed by atoms with Gasteiger partial charge in [0.25, 0.3) is 0 Å². The molecule has 1 aliphatic heterocycles. The first-order valence-electron chi connectivity index (χ1n) is 7.74. The Morgan fingerprint density at radius 3 is 2.67 bits per heavy atom. The number of amides is 1. The lowest BCUT2D eigenvalue weighted by molar-refractivity contribution is -0.116. The minimum absolute atomic E-state index is 0.0949. The molecule has 0 spiro atoms. The Labute approximate surface area is 164 Å². The monoisotopic (exact) mass is 403 g/mol. The van der Waals surface area contributed by atoms with Crippen molar-refractivity contribution in [1.82, 2.24) is 5.32 Å². The van der Waals surface area contributed by atoms with Gasteiger partial charge in [-0.2, -0.15) is 5.10 Å². The van der Waals surface area contributed by atoms with Crippen LogP contribution in [0.3, 0.4) is 0 Å². The van der Waals surface area contributed by atoms with Crippen molar-refractivity contribution in [2.24, 2.45) is 10.2 Å². The molecule has 0 bridgehead atoms. The Morgan fingerprint density at radius 2 is 2.00 bits per heavy atom. The zero-order valence-electron chi connectivity index (χ0n) is 14.1. The van der Waals surface area contributed by atoms with Gasteiger partial charge in [0, 0.05) is 5.02 Å². The molecule has 3 rings (SSSR count). The van der Waals surface area contributed by atoms with Crippen LogP contribution in [-0.4, -0.2) is 36.1 Å². The van der Waals surface area contributed by atoms with E-state index in [1.807, 2.05) is 0 Å². The molecule has 0 saturated carbocycles. The predicted molar refractivity (Wildman–Crippen MR) is 105 cm³/mol. The van der Waals surface area contributed by atoms with Crippen molar-refractivity contribution in [2.45, 2.75) is 0 Å². The number of methoxy groups -OCH3 is 1. The van der Waals surface area contributed by atoms with E-state index in [0.29, 0.717) is 32.8 Å². The summed E-state index contributed by atoms with van der Waals surface area (Å²) < 4.78 is 10.7. The number of esters is 1. The first kappa shape index (κ1) is 18.9. The number of benzene rings is 2. The molecule has 0 atom stereocenters. The van der Waals surface area contributed by atoms with Crippen LogP contribution < -0.4 is 14.8 Å². The summed E-state index contributed by atoms with van der Waals surface area (Å²) in [5, 5.41) is 11.4. The Bertz CT molecular complexity index is 929. The van der Waals surface area contributed by atoms with Crippen LogP contribution in [0.5, 0.6) is 11.5 Å². The second-order valence-corrected chi connectivity index (χ2v) is 6.69. The molecule has 7 nitrogen and oxygen atoms in total. The summed E-state index contributed by atoms with van der Waals surface area (Å²) in [5.74, 6) is 0.377. The fraction of sp³-hybridized carbons (Fsp3) is 0.111. The van der Waals surface area contributed by atoms with E-state index in [9.17, 15) is 9.59 Å². The van der Waals surface area contributed by atoms with Crippen LogP contribution >= 0.6 is 23.4 Å². The lowest BCUT2D eigenvalue weighted by atomic mass is 10.2. The van der Waals surface area contributed by atoms with Gasteiger partial charge in [0.15, 0.2) is 16.7 Å². The fourth-order valence-corrected chi connectivity index (χ4v) is 2.88. The van der Waals surface area contributed by atoms with Crippen molar-refractivity contribution in [1.29, 1.82) is 0 Å². The van der Waals surface area contributed by atoms with Crippen LogP contribution in [0.1, 0.15) is 15.9 Å². The van der Waals surface area contributed by atoms with Crippen molar-refractivity contribution in [3.63, 3.8) is 0 Å². The summed E-state index contributed by atoms with van der Waals surface area (Å²) in [5.41, 5.74) is 1.07. The minimum Gasteiger partial charge on any atom is -0.493 e. The highest BCUT2D eigenvalue weighted by Crippen LogP contribution is 2.28. The molecule has 1 saturated heterocycles. The van der Waals surface area contributed by atoms with Crippen LogP contribution in [0.4, 0.5) is 0 Å². The van der Waals surface area contributed by atoms with E-state index in [1.165, 1.54) is 25.1 Å². The lowest BCUT2D eigenvalue weighted by Gasteiger charge is -2.10. The summed E-state index contributed by atoms with van der Waals surface area (Å²) in [7, 11) is 1.47. The zero-order chi connectivity index (χ0) is 19.2. The van der Waals surface area contributed by atoms with Gasteiger partial charge in [-0.25, -0.2) is 4.79 Å². The topological polar surface area (TPSA) is 89.3 Å². The third-order valence-electron chi connectivity index (χ3n) is 3.41. The molecular weight excluding hydrogens is 390 g/mol. The molecule has 0 aromatic heterocycles. The van der Waals surface area contributed by atoms with Crippen LogP contribution in [-0.2, 0) is 4.79 Å². The molecule has 9 heteroatoms. The summed E-state index contributed by atoms with van der Waals surface area (Å²) in [6, 6.07) is 11.4. The molecule has 2 aromatic carbocycles. The maximum absolute atomic E-state index is 12.2. The number of nitrogens with zero attached hydrogens (tertiary/aromatic N) is 2. The maximum atomic E-state index is 12.2. The molecule has 0 radical (unpaired) electrons. The molecule has 138 valence electrons. The highest BCUT2D eigenvalue weighted by Gasteiger charge is 2.16. The van der Waals surface area contributed by atoms with Crippen molar-refractivity contribution in [3.05, 3.63) is 58.6 Å². The number of halogens is 1. The van der Waals surface area contributed by atoms with Crippen molar-refractivity contribution < 1.29 is 19.1 Å². The van der Waals surface area contributed by atoms with Crippen LogP contribution in [0.2, 0.25) is 5.02 Å². The van der Waals surface area contributed by atoms with Gasteiger partial charge in [-0.1, -0.05) is 23.4 Å². The highest BCUT2D eigenvalue weighted by molar-refractivity contribution is 8.15. The van der Waals surface area contributed by atoms with Crippen LogP contribution in [0.25, 0.3) is 0 Å². The molecule has 0 unspecified atom stereocenters. The molecule has 2 aromatic rings. The number of carbonyl (C=O) groups is 2. The SMILES string of the molecule is COc1cc(C=NN=C2NC(=O)CS2)ccc1OC(=O)c1ccc(Cl)cc1. The normalized spacial score (nSPS) is 15.2. The van der Waals surface area contributed by atoms with Gasteiger partial charge in [-0.15, -0.1) is 5.10 Å². The first-order chi connectivity index (χ1) is 13.0. The third-order valence-corrected chi connectivity index (χ3v) is 4.53. The molecule has 0 aliphatic carbocycles. The number of hydrogen-bond acceptors (Lipinski definition) is 7. The van der Waals surface area contributed by atoms with Gasteiger partial charge in [0.2, 0.25) is 5.91 Å². The zero-order valence-corrected chi connectivity index (χ0v) is 15.7.